The lowest BCUT2D eigenvalue weighted by Gasteiger charge is -2.26. The number of halogens is 1. The van der Waals surface area contributed by atoms with Crippen LogP contribution in [-0.2, 0) is 26.0 Å². The number of hydrogen-bond acceptors (Lipinski definition) is 7. The smallest absolute Gasteiger partial charge is 0.264 e. The summed E-state index contributed by atoms with van der Waals surface area (Å²) in [6.45, 7) is 3.26. The summed E-state index contributed by atoms with van der Waals surface area (Å²) in [5, 5.41) is 0.550. The van der Waals surface area contributed by atoms with Gasteiger partial charge >= 0.3 is 0 Å². The molecule has 2 heterocycles. The highest BCUT2D eigenvalue weighted by atomic mass is 35.5. The monoisotopic (exact) mass is 416 g/mol. The highest BCUT2D eigenvalue weighted by molar-refractivity contribution is 7.93. The minimum absolute atomic E-state index is 0.0659. The van der Waals surface area contributed by atoms with Gasteiger partial charge in [0.05, 0.1) is 11.5 Å². The number of rotatable bonds is 6. The third-order valence-electron chi connectivity index (χ3n) is 3.89. The fourth-order valence-electron chi connectivity index (χ4n) is 2.47. The highest BCUT2D eigenvalue weighted by Gasteiger charge is 2.21. The van der Waals surface area contributed by atoms with Gasteiger partial charge in [-0.05, 0) is 24.6 Å². The van der Waals surface area contributed by atoms with Crippen LogP contribution < -0.4 is 4.72 Å². The van der Waals surface area contributed by atoms with Crippen molar-refractivity contribution in [1.82, 2.24) is 14.3 Å². The zero-order valence-corrected chi connectivity index (χ0v) is 16.3. The van der Waals surface area contributed by atoms with E-state index in [1.165, 1.54) is 6.07 Å². The summed E-state index contributed by atoms with van der Waals surface area (Å²) in [6, 6.07) is 4.69. The number of anilines is 1. The number of nitrogens with zero attached hydrogens (tertiary/aromatic N) is 3. The summed E-state index contributed by atoms with van der Waals surface area (Å²) in [7, 11) is -3.80. The fourth-order valence-corrected chi connectivity index (χ4v) is 4.80. The molecule has 2 aromatic rings. The molecule has 1 N–H and O–H groups in total. The highest BCUT2D eigenvalue weighted by Crippen LogP contribution is 2.25. The van der Waals surface area contributed by atoms with E-state index in [2.05, 4.69) is 14.1 Å². The second kappa shape index (κ2) is 7.87. The number of nitrogens with one attached hydrogen (secondary N) is 1. The summed E-state index contributed by atoms with van der Waals surface area (Å²) in [5.41, 5.74) is 0.470. The Bertz CT molecular complexity index is 916. The van der Waals surface area contributed by atoms with Crippen LogP contribution >= 0.6 is 23.1 Å². The van der Waals surface area contributed by atoms with Crippen LogP contribution in [0.1, 0.15) is 11.4 Å². The molecule has 0 saturated carbocycles. The molecule has 1 fully saturated rings. The first-order valence-electron chi connectivity index (χ1n) is 7.83. The van der Waals surface area contributed by atoms with Gasteiger partial charge in [0.15, 0.2) is 0 Å². The Hall–Kier alpha value is -1.75. The van der Waals surface area contributed by atoms with Crippen molar-refractivity contribution in [3.63, 3.8) is 0 Å². The molecule has 1 aliphatic heterocycles. The van der Waals surface area contributed by atoms with E-state index in [0.717, 1.165) is 11.5 Å². The van der Waals surface area contributed by atoms with Crippen molar-refractivity contribution in [2.24, 2.45) is 0 Å². The van der Waals surface area contributed by atoms with Crippen LogP contribution in [0.15, 0.2) is 23.1 Å². The molecule has 0 unspecified atom stereocenters. The number of benzene rings is 1. The second-order valence-electron chi connectivity index (χ2n) is 5.67. The largest absolute Gasteiger partial charge is 0.370 e. The molecule has 0 atom stereocenters. The minimum atomic E-state index is -3.80. The van der Waals surface area contributed by atoms with E-state index >= 15 is 0 Å². The van der Waals surface area contributed by atoms with Gasteiger partial charge in [-0.25, -0.2) is 13.4 Å². The first-order chi connectivity index (χ1) is 12.4. The minimum Gasteiger partial charge on any atom is -0.370 e. The van der Waals surface area contributed by atoms with Gasteiger partial charge in [-0.2, -0.15) is 4.37 Å². The number of carbonyl (C=O) groups excluding carboxylic acids is 1. The van der Waals surface area contributed by atoms with Crippen molar-refractivity contribution in [1.29, 1.82) is 0 Å². The normalized spacial score (nSPS) is 15.3. The number of morpholine rings is 1. The van der Waals surface area contributed by atoms with E-state index in [0.29, 0.717) is 42.5 Å². The maximum atomic E-state index is 12.5. The first kappa shape index (κ1) is 19.0. The Morgan fingerprint density at radius 1 is 1.42 bits per heavy atom. The molecule has 8 nitrogen and oxygen atoms in total. The van der Waals surface area contributed by atoms with E-state index in [4.69, 9.17) is 16.3 Å². The maximum absolute atomic E-state index is 12.5. The third-order valence-corrected chi connectivity index (χ3v) is 6.58. The van der Waals surface area contributed by atoms with E-state index in [1.807, 2.05) is 0 Å². The Morgan fingerprint density at radius 3 is 3.00 bits per heavy atom. The molecule has 11 heteroatoms. The van der Waals surface area contributed by atoms with Crippen LogP contribution in [0.25, 0.3) is 0 Å². The number of aromatic nitrogens is 2. The fraction of sp³-hybridized carbons (Fsp3) is 0.400. The van der Waals surface area contributed by atoms with Crippen molar-refractivity contribution in [3.8, 4) is 0 Å². The van der Waals surface area contributed by atoms with E-state index in [9.17, 15) is 13.2 Å². The van der Waals surface area contributed by atoms with Gasteiger partial charge in [-0.15, -0.1) is 0 Å². The van der Waals surface area contributed by atoms with E-state index in [-0.39, 0.29) is 22.5 Å². The zero-order valence-electron chi connectivity index (χ0n) is 13.9. The van der Waals surface area contributed by atoms with Gasteiger partial charge in [-0.1, -0.05) is 17.7 Å². The Morgan fingerprint density at radius 2 is 2.23 bits per heavy atom. The Labute approximate surface area is 160 Å². The van der Waals surface area contributed by atoms with E-state index in [1.54, 1.807) is 24.0 Å². The summed E-state index contributed by atoms with van der Waals surface area (Å²) in [6.07, 6.45) is 0.445. The van der Waals surface area contributed by atoms with E-state index < -0.39 is 10.0 Å². The van der Waals surface area contributed by atoms with Crippen LogP contribution in [0.5, 0.6) is 0 Å². The molecule has 140 valence electrons. The van der Waals surface area contributed by atoms with Gasteiger partial charge in [-0.3, -0.25) is 9.52 Å². The third kappa shape index (κ3) is 4.32. The molecule has 1 aliphatic rings. The molecule has 0 radical (unpaired) electrons. The summed E-state index contributed by atoms with van der Waals surface area (Å²) in [5.74, 6) is 0.415. The number of amides is 1. The van der Waals surface area contributed by atoms with Gasteiger partial charge in [0.1, 0.15) is 12.4 Å². The molecule has 26 heavy (non-hydrogen) atoms. The van der Waals surface area contributed by atoms with Crippen molar-refractivity contribution in [2.45, 2.75) is 18.2 Å². The van der Waals surface area contributed by atoms with Crippen molar-refractivity contribution >= 4 is 44.2 Å². The standard InChI is InChI=1S/C15H17ClN4O4S2/c1-10-11(16)3-2-4-12(10)26(22,23)19-15-17-13(18-25-15)5-6-20-7-8-24-9-14(20)21/h2-4H,5-9H2,1H3,(H,17,18,19). The van der Waals surface area contributed by atoms with Crippen LogP contribution in [-0.4, -0.2) is 54.9 Å². The molecule has 0 spiro atoms. The van der Waals surface area contributed by atoms with Crippen LogP contribution in [0.2, 0.25) is 5.02 Å². The lowest BCUT2D eigenvalue weighted by atomic mass is 10.2. The molecule has 1 aromatic heterocycles. The average Bonchev–Trinajstić information content (AvgIpc) is 3.03. The predicted molar refractivity (Wildman–Crippen MR) is 98.0 cm³/mol. The Kier molecular flexibility index (Phi) is 5.76. The molecule has 1 saturated heterocycles. The van der Waals surface area contributed by atoms with Gasteiger partial charge in [0.2, 0.25) is 11.0 Å². The van der Waals surface area contributed by atoms with Gasteiger partial charge in [0.25, 0.3) is 10.0 Å². The van der Waals surface area contributed by atoms with Crippen LogP contribution in [0.3, 0.4) is 0 Å². The summed E-state index contributed by atoms with van der Waals surface area (Å²) < 4.78 is 36.7. The molecule has 1 aromatic carbocycles. The number of ether oxygens (including phenoxy) is 1. The SMILES string of the molecule is Cc1c(Cl)cccc1S(=O)(=O)Nc1nc(CCN2CCOCC2=O)ns1. The topological polar surface area (TPSA) is 101 Å². The first-order valence-corrected chi connectivity index (χ1v) is 10.5. The van der Waals surface area contributed by atoms with Crippen LogP contribution in [0.4, 0.5) is 5.13 Å². The van der Waals surface area contributed by atoms with Crippen molar-refractivity contribution in [2.75, 3.05) is 31.0 Å². The van der Waals surface area contributed by atoms with Crippen molar-refractivity contribution < 1.29 is 17.9 Å². The lowest BCUT2D eigenvalue weighted by Crippen LogP contribution is -2.42. The zero-order chi connectivity index (χ0) is 18.7. The number of carbonyl (C=O) groups is 1. The van der Waals surface area contributed by atoms with Crippen LogP contribution in [0, 0.1) is 6.92 Å². The molecule has 1 amide bonds. The quantitative estimate of drug-likeness (QED) is 0.769. The molecule has 3 rings (SSSR count). The molecular formula is C15H17ClN4O4S2. The van der Waals surface area contributed by atoms with Gasteiger partial charge in [0, 0.05) is 36.1 Å². The summed E-state index contributed by atoms with van der Waals surface area (Å²) >= 11 is 6.95. The average molecular weight is 417 g/mol. The van der Waals surface area contributed by atoms with Crippen molar-refractivity contribution in [3.05, 3.63) is 34.6 Å². The number of sulfonamides is 1. The maximum Gasteiger partial charge on any atom is 0.264 e. The number of hydrogen-bond donors (Lipinski definition) is 1. The predicted octanol–water partition coefficient (Wildman–Crippen LogP) is 1.70. The Balaban J connectivity index is 1.66. The molecule has 0 bridgehead atoms. The molecular weight excluding hydrogens is 400 g/mol. The summed E-state index contributed by atoms with van der Waals surface area (Å²) in [4.78, 5) is 17.7. The second-order valence-corrected chi connectivity index (χ2v) is 8.48. The molecule has 0 aliphatic carbocycles. The van der Waals surface area contributed by atoms with Gasteiger partial charge < -0.3 is 9.64 Å². The lowest BCUT2D eigenvalue weighted by molar-refractivity contribution is -0.142.